The zero-order valence-electron chi connectivity index (χ0n) is 46.9. The van der Waals surface area contributed by atoms with Gasteiger partial charge in [-0.15, -0.1) is 0 Å². The number of unbranched alkanes of at least 4 members (excludes halogenated alkanes) is 37. The van der Waals surface area contributed by atoms with Crippen molar-refractivity contribution >= 4 is 5.91 Å². The molecule has 1 heterocycles. The number of nitrogens with one attached hydrogen (secondary N) is 1. The lowest BCUT2D eigenvalue weighted by Crippen LogP contribution is -2.60. The number of amides is 1. The van der Waals surface area contributed by atoms with Crippen molar-refractivity contribution in [2.45, 2.75) is 333 Å². The number of aliphatic hydroxyl groups excluding tert-OH is 5. The van der Waals surface area contributed by atoms with Crippen molar-refractivity contribution in [2.75, 3.05) is 13.2 Å². The van der Waals surface area contributed by atoms with Crippen molar-refractivity contribution in [1.29, 1.82) is 0 Å². The Hall–Kier alpha value is -1.85. The highest BCUT2D eigenvalue weighted by Crippen LogP contribution is 2.23. The molecule has 1 saturated heterocycles. The maximum Gasteiger partial charge on any atom is 0.220 e. The highest BCUT2D eigenvalue weighted by atomic mass is 16.7. The van der Waals surface area contributed by atoms with E-state index in [1.54, 1.807) is 6.08 Å². The lowest BCUT2D eigenvalue weighted by Gasteiger charge is -2.40. The number of carbonyl (C=O) groups excluding carboxylic acids is 1. The molecule has 0 aliphatic carbocycles. The third-order valence-corrected chi connectivity index (χ3v) is 14.6. The molecule has 422 valence electrons. The number of allylic oxidation sites excluding steroid dienone is 7. The fourth-order valence-corrected chi connectivity index (χ4v) is 9.72. The van der Waals surface area contributed by atoms with Crippen molar-refractivity contribution in [2.24, 2.45) is 0 Å². The van der Waals surface area contributed by atoms with Gasteiger partial charge in [0.15, 0.2) is 6.29 Å². The first-order valence-electron chi connectivity index (χ1n) is 30.9. The lowest BCUT2D eigenvalue weighted by molar-refractivity contribution is -0.302. The molecule has 0 bridgehead atoms. The standard InChI is InChI=1S/C63H117NO8/c1-3-5-7-9-11-13-15-17-19-21-22-23-24-25-26-27-28-29-30-31-32-33-34-35-37-38-40-42-44-46-48-50-52-57(66)56(55-71-63-62(70)61(69)60(68)58(54-65)72-63)64-59(67)53-51-49-47-45-43-41-39-36-20-18-16-14-12-10-8-6-4-2/h18,20,35,37,42,44,50,52,56-58,60-63,65-66,68-70H,3-17,19,21-34,36,38-41,43,45-49,51,53-55H2,1-2H3,(H,64,67)/b20-18-,37-35+,44-42+,52-50+. The van der Waals surface area contributed by atoms with E-state index < -0.39 is 49.5 Å². The summed E-state index contributed by atoms with van der Waals surface area (Å²) in [6.07, 6.45) is 63.5. The highest BCUT2D eigenvalue weighted by Gasteiger charge is 2.44. The Labute approximate surface area is 444 Å². The normalized spacial score (nSPS) is 19.5. The Bertz CT molecular complexity index is 1270. The summed E-state index contributed by atoms with van der Waals surface area (Å²) in [6, 6.07) is -0.832. The van der Waals surface area contributed by atoms with E-state index in [9.17, 15) is 30.3 Å². The molecular formula is C63H117NO8. The van der Waals surface area contributed by atoms with Crippen LogP contribution in [0.15, 0.2) is 48.6 Å². The Morgan fingerprint density at radius 1 is 0.458 bits per heavy atom. The van der Waals surface area contributed by atoms with Crippen molar-refractivity contribution in [1.82, 2.24) is 5.32 Å². The zero-order chi connectivity index (χ0) is 52.2. The van der Waals surface area contributed by atoms with E-state index >= 15 is 0 Å². The first kappa shape index (κ1) is 68.2. The second kappa shape index (κ2) is 52.6. The van der Waals surface area contributed by atoms with Gasteiger partial charge in [-0.25, -0.2) is 0 Å². The lowest BCUT2D eigenvalue weighted by atomic mass is 9.99. The summed E-state index contributed by atoms with van der Waals surface area (Å²) in [6.45, 7) is 3.78. The zero-order valence-corrected chi connectivity index (χ0v) is 46.9. The summed E-state index contributed by atoms with van der Waals surface area (Å²) in [7, 11) is 0. The molecule has 9 heteroatoms. The van der Waals surface area contributed by atoms with Gasteiger partial charge in [0, 0.05) is 6.42 Å². The van der Waals surface area contributed by atoms with Crippen LogP contribution >= 0.6 is 0 Å². The Kier molecular flexibility index (Phi) is 49.8. The summed E-state index contributed by atoms with van der Waals surface area (Å²) in [5.74, 6) is -0.194. The van der Waals surface area contributed by atoms with Crippen molar-refractivity contribution in [3.63, 3.8) is 0 Å². The Morgan fingerprint density at radius 2 is 0.792 bits per heavy atom. The molecule has 0 aromatic heterocycles. The van der Waals surface area contributed by atoms with E-state index in [1.807, 2.05) is 6.08 Å². The molecule has 1 fully saturated rings. The van der Waals surface area contributed by atoms with Gasteiger partial charge in [-0.05, 0) is 70.6 Å². The number of aliphatic hydroxyl groups is 5. The van der Waals surface area contributed by atoms with Crippen LogP contribution in [-0.2, 0) is 14.3 Å². The van der Waals surface area contributed by atoms with Gasteiger partial charge in [0.2, 0.25) is 5.91 Å². The Balaban J connectivity index is 2.20. The number of hydrogen-bond acceptors (Lipinski definition) is 8. The highest BCUT2D eigenvalue weighted by molar-refractivity contribution is 5.76. The summed E-state index contributed by atoms with van der Waals surface area (Å²) in [4.78, 5) is 13.0. The van der Waals surface area contributed by atoms with Gasteiger partial charge < -0.3 is 40.3 Å². The molecule has 0 aromatic rings. The molecular weight excluding hydrogens is 899 g/mol. The van der Waals surface area contributed by atoms with Gasteiger partial charge in [0.25, 0.3) is 0 Å². The minimum atomic E-state index is -1.58. The molecule has 0 spiro atoms. The Morgan fingerprint density at radius 3 is 1.17 bits per heavy atom. The van der Waals surface area contributed by atoms with Gasteiger partial charge in [-0.2, -0.15) is 0 Å². The average molecular weight is 1020 g/mol. The minimum Gasteiger partial charge on any atom is -0.394 e. The minimum absolute atomic E-state index is 0.194. The fraction of sp³-hybridized carbons (Fsp3) is 0.857. The third kappa shape index (κ3) is 41.4. The number of rotatable bonds is 53. The fourth-order valence-electron chi connectivity index (χ4n) is 9.72. The molecule has 7 unspecified atom stereocenters. The van der Waals surface area contributed by atoms with Gasteiger partial charge in [0.1, 0.15) is 24.4 Å². The van der Waals surface area contributed by atoms with Gasteiger partial charge in [-0.1, -0.05) is 262 Å². The van der Waals surface area contributed by atoms with Crippen LogP contribution in [0.25, 0.3) is 0 Å². The van der Waals surface area contributed by atoms with Crippen LogP contribution in [-0.4, -0.2) is 87.5 Å². The summed E-state index contributed by atoms with van der Waals surface area (Å²) >= 11 is 0. The summed E-state index contributed by atoms with van der Waals surface area (Å²) < 4.78 is 11.3. The van der Waals surface area contributed by atoms with Crippen LogP contribution in [0.1, 0.15) is 290 Å². The first-order chi connectivity index (χ1) is 35.3. The van der Waals surface area contributed by atoms with Crippen LogP contribution in [0.3, 0.4) is 0 Å². The first-order valence-corrected chi connectivity index (χ1v) is 30.9. The smallest absolute Gasteiger partial charge is 0.220 e. The molecule has 72 heavy (non-hydrogen) atoms. The molecule has 6 N–H and O–H groups in total. The van der Waals surface area contributed by atoms with Crippen molar-refractivity contribution in [3.8, 4) is 0 Å². The summed E-state index contributed by atoms with van der Waals surface area (Å²) in [5.41, 5.74) is 0. The third-order valence-electron chi connectivity index (χ3n) is 14.6. The van der Waals surface area contributed by atoms with Crippen LogP contribution < -0.4 is 5.32 Å². The van der Waals surface area contributed by atoms with Crippen LogP contribution in [0.2, 0.25) is 0 Å². The molecule has 0 aromatic carbocycles. The van der Waals surface area contributed by atoms with Crippen molar-refractivity contribution in [3.05, 3.63) is 48.6 Å². The molecule has 7 atom stereocenters. The van der Waals surface area contributed by atoms with Crippen LogP contribution in [0.4, 0.5) is 0 Å². The van der Waals surface area contributed by atoms with E-state index in [1.165, 1.54) is 212 Å². The maximum atomic E-state index is 13.0. The second-order valence-corrected chi connectivity index (χ2v) is 21.5. The molecule has 0 radical (unpaired) electrons. The van der Waals surface area contributed by atoms with E-state index in [4.69, 9.17) is 9.47 Å². The number of hydrogen-bond donors (Lipinski definition) is 6. The SMILES string of the molecule is CCCCCCCC/C=C\CCCCCCCCCC(=O)NC(COC1OC(CO)C(O)C(O)C1O)C(O)/C=C/CC/C=C/CC/C=C/CCCCCCCCCCCCCCCCCCCCCCCC. The molecule has 0 saturated carbocycles. The van der Waals surface area contributed by atoms with Crippen molar-refractivity contribution < 1.29 is 39.8 Å². The molecule has 1 amide bonds. The predicted molar refractivity (Wildman–Crippen MR) is 304 cm³/mol. The predicted octanol–water partition coefficient (Wildman–Crippen LogP) is 15.7. The molecule has 1 aliphatic rings. The van der Waals surface area contributed by atoms with Gasteiger partial charge in [-0.3, -0.25) is 4.79 Å². The average Bonchev–Trinajstić information content (AvgIpc) is 3.38. The number of carbonyl (C=O) groups is 1. The largest absolute Gasteiger partial charge is 0.394 e. The van der Waals surface area contributed by atoms with Crippen LogP contribution in [0, 0.1) is 0 Å². The maximum absolute atomic E-state index is 13.0. The topological polar surface area (TPSA) is 149 Å². The second-order valence-electron chi connectivity index (χ2n) is 21.5. The quantitative estimate of drug-likeness (QED) is 0.0261. The molecule has 1 rings (SSSR count). The number of ether oxygens (including phenoxy) is 2. The van der Waals surface area contributed by atoms with Gasteiger partial charge in [0.05, 0.1) is 25.4 Å². The van der Waals surface area contributed by atoms with E-state index in [0.717, 1.165) is 57.8 Å². The monoisotopic (exact) mass is 1020 g/mol. The van der Waals surface area contributed by atoms with Gasteiger partial charge >= 0.3 is 0 Å². The van der Waals surface area contributed by atoms with E-state index in [2.05, 4.69) is 55.6 Å². The summed E-state index contributed by atoms with van der Waals surface area (Å²) in [5, 5.41) is 54.5. The van der Waals surface area contributed by atoms with E-state index in [0.29, 0.717) is 6.42 Å². The molecule has 1 aliphatic heterocycles. The van der Waals surface area contributed by atoms with Crippen LogP contribution in [0.5, 0.6) is 0 Å². The van der Waals surface area contributed by atoms with E-state index in [-0.39, 0.29) is 12.5 Å². The molecule has 9 nitrogen and oxygen atoms in total.